The quantitative estimate of drug-likeness (QED) is 0.701. The summed E-state index contributed by atoms with van der Waals surface area (Å²) in [6.07, 6.45) is 3.64. The van der Waals surface area contributed by atoms with Crippen molar-refractivity contribution in [3.8, 4) is 11.3 Å². The predicted octanol–water partition coefficient (Wildman–Crippen LogP) is 4.94. The summed E-state index contributed by atoms with van der Waals surface area (Å²) in [6, 6.07) is 5.72. The summed E-state index contributed by atoms with van der Waals surface area (Å²) in [7, 11) is 0. The monoisotopic (exact) mass is 370 g/mol. The van der Waals surface area contributed by atoms with Crippen molar-refractivity contribution in [3.63, 3.8) is 0 Å². The zero-order valence-corrected chi connectivity index (χ0v) is 14.7. The van der Waals surface area contributed by atoms with E-state index in [9.17, 15) is 0 Å². The molecule has 1 heterocycles. The normalized spacial score (nSPS) is 11.3. The molecule has 0 aliphatic carbocycles. The lowest BCUT2D eigenvalue weighted by Crippen LogP contribution is -2.21. The maximum Gasteiger partial charge on any atom is 0.194 e. The van der Waals surface area contributed by atoms with Gasteiger partial charge in [0, 0.05) is 16.5 Å². The molecule has 0 spiro atoms. The van der Waals surface area contributed by atoms with Gasteiger partial charge in [-0.3, -0.25) is 0 Å². The van der Waals surface area contributed by atoms with Gasteiger partial charge in [-0.05, 0) is 59.6 Å². The van der Waals surface area contributed by atoms with Crippen molar-refractivity contribution in [1.29, 1.82) is 0 Å². The molecule has 0 saturated heterocycles. The van der Waals surface area contributed by atoms with Crippen LogP contribution in [-0.2, 0) is 6.42 Å². The summed E-state index contributed by atoms with van der Waals surface area (Å²) in [5.74, 6) is 2.24. The number of hydrogen-bond acceptors (Lipinski definition) is 3. The number of oxazole rings is 1. The van der Waals surface area contributed by atoms with Gasteiger partial charge >= 0.3 is 0 Å². The van der Waals surface area contributed by atoms with Crippen molar-refractivity contribution < 1.29 is 4.42 Å². The smallest absolute Gasteiger partial charge is 0.194 e. The topological polar surface area (TPSA) is 38.1 Å². The lowest BCUT2D eigenvalue weighted by Gasteiger charge is -2.05. The van der Waals surface area contributed by atoms with E-state index in [1.807, 2.05) is 18.2 Å². The molecule has 21 heavy (non-hydrogen) atoms. The average Bonchev–Trinajstić information content (AvgIpc) is 2.90. The summed E-state index contributed by atoms with van der Waals surface area (Å²) in [5.41, 5.74) is 0.975. The van der Waals surface area contributed by atoms with Gasteiger partial charge in [0.2, 0.25) is 0 Å². The van der Waals surface area contributed by atoms with Gasteiger partial charge in [-0.2, -0.15) is 0 Å². The Hall–Kier alpha value is -0.840. The van der Waals surface area contributed by atoms with E-state index in [0.717, 1.165) is 47.6 Å². The van der Waals surface area contributed by atoms with E-state index in [1.165, 1.54) is 0 Å². The standard InChI is InChI=1S/C16H20BrClN2O/c1-11(2)9-19-7-3-4-16-20-10-15(21-16)12-5-6-14(18)13(17)8-12/h5-6,8,10-11,19H,3-4,7,9H2,1-2H3. The van der Waals surface area contributed by atoms with Crippen LogP contribution in [0.1, 0.15) is 26.2 Å². The fraction of sp³-hybridized carbons (Fsp3) is 0.438. The van der Waals surface area contributed by atoms with Gasteiger partial charge in [0.1, 0.15) is 0 Å². The van der Waals surface area contributed by atoms with Crippen molar-refractivity contribution in [2.75, 3.05) is 13.1 Å². The third-order valence-electron chi connectivity index (χ3n) is 3.05. The second-order valence-corrected chi connectivity index (χ2v) is 6.71. The molecule has 1 aromatic heterocycles. The molecule has 0 fully saturated rings. The van der Waals surface area contributed by atoms with E-state index in [0.29, 0.717) is 10.9 Å². The summed E-state index contributed by atoms with van der Waals surface area (Å²) in [6.45, 7) is 6.45. The summed E-state index contributed by atoms with van der Waals surface area (Å²) >= 11 is 9.41. The highest BCUT2D eigenvalue weighted by Gasteiger charge is 2.08. The first-order valence-corrected chi connectivity index (χ1v) is 8.34. The number of rotatable bonds is 7. The molecule has 0 bridgehead atoms. The molecule has 0 aliphatic heterocycles. The minimum atomic E-state index is 0.682. The van der Waals surface area contributed by atoms with E-state index in [-0.39, 0.29) is 0 Å². The second-order valence-electron chi connectivity index (χ2n) is 5.45. The van der Waals surface area contributed by atoms with E-state index in [1.54, 1.807) is 6.20 Å². The summed E-state index contributed by atoms with van der Waals surface area (Å²) in [5, 5.41) is 4.11. The average molecular weight is 372 g/mol. The lowest BCUT2D eigenvalue weighted by molar-refractivity contribution is 0.483. The molecule has 114 valence electrons. The molecular weight excluding hydrogens is 352 g/mol. The Morgan fingerprint density at radius 1 is 1.38 bits per heavy atom. The molecule has 0 saturated carbocycles. The molecule has 0 amide bonds. The minimum absolute atomic E-state index is 0.682. The van der Waals surface area contributed by atoms with Crippen LogP contribution in [-0.4, -0.2) is 18.1 Å². The highest BCUT2D eigenvalue weighted by atomic mass is 79.9. The largest absolute Gasteiger partial charge is 0.441 e. The van der Waals surface area contributed by atoms with E-state index in [2.05, 4.69) is 40.1 Å². The Morgan fingerprint density at radius 2 is 2.19 bits per heavy atom. The molecule has 1 N–H and O–H groups in total. The van der Waals surface area contributed by atoms with Crippen molar-refractivity contribution in [2.24, 2.45) is 5.92 Å². The van der Waals surface area contributed by atoms with Gasteiger partial charge in [0.05, 0.1) is 11.2 Å². The van der Waals surface area contributed by atoms with Gasteiger partial charge < -0.3 is 9.73 Å². The van der Waals surface area contributed by atoms with Gasteiger partial charge in [0.25, 0.3) is 0 Å². The summed E-state index contributed by atoms with van der Waals surface area (Å²) < 4.78 is 6.65. The zero-order chi connectivity index (χ0) is 15.2. The van der Waals surface area contributed by atoms with Crippen LogP contribution < -0.4 is 5.32 Å². The Morgan fingerprint density at radius 3 is 2.90 bits per heavy atom. The number of aryl methyl sites for hydroxylation is 1. The molecule has 1 aromatic carbocycles. The van der Waals surface area contributed by atoms with Crippen molar-refractivity contribution in [3.05, 3.63) is 39.8 Å². The van der Waals surface area contributed by atoms with Crippen molar-refractivity contribution >= 4 is 27.5 Å². The van der Waals surface area contributed by atoms with Gasteiger partial charge in [-0.1, -0.05) is 25.4 Å². The molecule has 2 aromatic rings. The number of aromatic nitrogens is 1. The second kappa shape index (κ2) is 7.97. The highest BCUT2D eigenvalue weighted by Crippen LogP contribution is 2.29. The van der Waals surface area contributed by atoms with Crippen LogP contribution in [0.15, 0.2) is 33.3 Å². The van der Waals surface area contributed by atoms with Crippen LogP contribution in [0.5, 0.6) is 0 Å². The van der Waals surface area contributed by atoms with Crippen molar-refractivity contribution in [2.45, 2.75) is 26.7 Å². The number of hydrogen-bond donors (Lipinski definition) is 1. The Labute approximate surface area is 139 Å². The first kappa shape index (κ1) is 16.5. The van der Waals surface area contributed by atoms with Crippen LogP contribution in [0.3, 0.4) is 0 Å². The molecule has 5 heteroatoms. The first-order valence-electron chi connectivity index (χ1n) is 7.17. The molecule has 0 radical (unpaired) electrons. The van der Waals surface area contributed by atoms with Gasteiger partial charge in [-0.25, -0.2) is 4.98 Å². The van der Waals surface area contributed by atoms with E-state index >= 15 is 0 Å². The van der Waals surface area contributed by atoms with Crippen LogP contribution in [0.2, 0.25) is 5.02 Å². The maximum atomic E-state index is 5.99. The van der Waals surface area contributed by atoms with Crippen LogP contribution >= 0.6 is 27.5 Å². The number of benzene rings is 1. The minimum Gasteiger partial charge on any atom is -0.441 e. The Balaban J connectivity index is 1.87. The van der Waals surface area contributed by atoms with Gasteiger partial charge in [-0.15, -0.1) is 0 Å². The van der Waals surface area contributed by atoms with Crippen LogP contribution in [0.25, 0.3) is 11.3 Å². The van der Waals surface area contributed by atoms with E-state index < -0.39 is 0 Å². The van der Waals surface area contributed by atoms with Crippen molar-refractivity contribution in [1.82, 2.24) is 10.3 Å². The van der Waals surface area contributed by atoms with Crippen LogP contribution in [0.4, 0.5) is 0 Å². The number of nitrogens with zero attached hydrogens (tertiary/aromatic N) is 1. The molecular formula is C16H20BrClN2O. The number of halogens is 2. The zero-order valence-electron chi connectivity index (χ0n) is 12.3. The lowest BCUT2D eigenvalue weighted by atomic mass is 10.2. The maximum absolute atomic E-state index is 5.99. The summed E-state index contributed by atoms with van der Waals surface area (Å²) in [4.78, 5) is 4.33. The van der Waals surface area contributed by atoms with Gasteiger partial charge in [0.15, 0.2) is 11.7 Å². The fourth-order valence-corrected chi connectivity index (χ4v) is 2.46. The number of nitrogens with one attached hydrogen (secondary N) is 1. The molecule has 0 aliphatic rings. The first-order chi connectivity index (χ1) is 10.1. The molecule has 0 unspecified atom stereocenters. The Kier molecular flexibility index (Phi) is 6.27. The third kappa shape index (κ3) is 5.13. The van der Waals surface area contributed by atoms with Crippen LogP contribution in [0, 0.1) is 5.92 Å². The SMILES string of the molecule is CC(C)CNCCCc1ncc(-c2ccc(Cl)c(Br)c2)o1. The molecule has 0 atom stereocenters. The fourth-order valence-electron chi connectivity index (χ4n) is 1.96. The molecule has 3 nitrogen and oxygen atoms in total. The third-order valence-corrected chi connectivity index (χ3v) is 4.27. The van der Waals surface area contributed by atoms with E-state index in [4.69, 9.17) is 16.0 Å². The Bertz CT molecular complexity index is 583. The molecule has 2 rings (SSSR count). The highest BCUT2D eigenvalue weighted by molar-refractivity contribution is 9.10. The predicted molar refractivity (Wildman–Crippen MR) is 90.7 cm³/mol.